The minimum Gasteiger partial charge on any atom is -0.370 e. The summed E-state index contributed by atoms with van der Waals surface area (Å²) in [5.74, 6) is -1.06. The Morgan fingerprint density at radius 3 is 1.38 bits per heavy atom. The van der Waals surface area contributed by atoms with E-state index in [0.29, 0.717) is 19.8 Å². The predicted octanol–water partition coefficient (Wildman–Crippen LogP) is 8.81. The van der Waals surface area contributed by atoms with Crippen LogP contribution in [0.25, 0.3) is 0 Å². The Morgan fingerprint density at radius 2 is 0.844 bits per heavy atom. The van der Waals surface area contributed by atoms with Crippen LogP contribution in [0, 0.1) is 0 Å². The summed E-state index contributed by atoms with van der Waals surface area (Å²) in [5, 5.41) is 0. The van der Waals surface area contributed by atoms with Gasteiger partial charge in [0.2, 0.25) is 0 Å². The van der Waals surface area contributed by atoms with Crippen LogP contribution in [0.1, 0.15) is 144 Å². The van der Waals surface area contributed by atoms with Gasteiger partial charge < -0.3 is 18.9 Å². The first kappa shape index (κ1) is 31.8. The highest BCUT2D eigenvalue weighted by Gasteiger charge is 2.43. The molecular formula is C28H58O4. The fourth-order valence-corrected chi connectivity index (χ4v) is 3.74. The minimum atomic E-state index is -1.06. The third-order valence-electron chi connectivity index (χ3n) is 5.93. The molecule has 0 aliphatic carbocycles. The van der Waals surface area contributed by atoms with E-state index < -0.39 is 5.97 Å². The van der Waals surface area contributed by atoms with E-state index in [1.807, 2.05) is 0 Å². The molecule has 0 amide bonds. The van der Waals surface area contributed by atoms with Crippen LogP contribution in [0.5, 0.6) is 0 Å². The minimum absolute atomic E-state index is 0.166. The third-order valence-corrected chi connectivity index (χ3v) is 5.93. The molecule has 0 aromatic carbocycles. The van der Waals surface area contributed by atoms with Crippen LogP contribution in [0.15, 0.2) is 0 Å². The van der Waals surface area contributed by atoms with Crippen molar-refractivity contribution in [2.24, 2.45) is 0 Å². The Labute approximate surface area is 201 Å². The van der Waals surface area contributed by atoms with Crippen molar-refractivity contribution in [3.05, 3.63) is 0 Å². The number of unbranched alkanes of at least 4 members (excludes halogenated alkanes) is 11. The van der Waals surface area contributed by atoms with Crippen LogP contribution in [0.4, 0.5) is 0 Å². The van der Waals surface area contributed by atoms with Gasteiger partial charge in [-0.3, -0.25) is 0 Å². The average Bonchev–Trinajstić information content (AvgIpc) is 2.80. The highest BCUT2D eigenvalue weighted by atomic mass is 16.9. The van der Waals surface area contributed by atoms with E-state index >= 15 is 0 Å². The van der Waals surface area contributed by atoms with Gasteiger partial charge in [-0.1, -0.05) is 112 Å². The van der Waals surface area contributed by atoms with Gasteiger partial charge >= 0.3 is 5.97 Å². The summed E-state index contributed by atoms with van der Waals surface area (Å²) in [6.45, 7) is 13.8. The van der Waals surface area contributed by atoms with Gasteiger partial charge in [0, 0.05) is 6.61 Å². The zero-order valence-electron chi connectivity index (χ0n) is 22.6. The summed E-state index contributed by atoms with van der Waals surface area (Å²) in [6.07, 6.45) is 19.4. The topological polar surface area (TPSA) is 36.9 Å². The molecule has 194 valence electrons. The third kappa shape index (κ3) is 16.5. The lowest BCUT2D eigenvalue weighted by atomic mass is 10.1. The summed E-state index contributed by atoms with van der Waals surface area (Å²) in [5.41, 5.74) is 0. The van der Waals surface area contributed by atoms with Gasteiger partial charge in [0.1, 0.15) is 6.10 Å². The van der Waals surface area contributed by atoms with Crippen molar-refractivity contribution in [2.75, 3.05) is 26.4 Å². The van der Waals surface area contributed by atoms with E-state index in [1.165, 1.54) is 57.8 Å². The van der Waals surface area contributed by atoms with Crippen molar-refractivity contribution in [1.82, 2.24) is 0 Å². The van der Waals surface area contributed by atoms with Crippen molar-refractivity contribution in [1.29, 1.82) is 0 Å². The van der Waals surface area contributed by atoms with Gasteiger partial charge in [0.25, 0.3) is 0 Å². The largest absolute Gasteiger partial charge is 0.370 e. The Bertz CT molecular complexity index is 349. The van der Waals surface area contributed by atoms with Crippen LogP contribution in [-0.2, 0) is 18.9 Å². The molecule has 0 saturated carbocycles. The highest BCUT2D eigenvalue weighted by molar-refractivity contribution is 4.74. The molecule has 0 fully saturated rings. The van der Waals surface area contributed by atoms with Gasteiger partial charge in [-0.15, -0.1) is 0 Å². The number of rotatable bonds is 26. The van der Waals surface area contributed by atoms with E-state index in [0.717, 1.165) is 58.0 Å². The molecule has 1 atom stereocenters. The Balaban J connectivity index is 5.33. The first-order chi connectivity index (χ1) is 15.7. The first-order valence-corrected chi connectivity index (χ1v) is 14.2. The second-order valence-electron chi connectivity index (χ2n) is 9.19. The second kappa shape index (κ2) is 24.0. The molecule has 0 spiro atoms. The molecule has 4 heteroatoms. The van der Waals surface area contributed by atoms with E-state index in [2.05, 4.69) is 34.6 Å². The molecule has 0 aromatic heterocycles. The molecule has 0 N–H and O–H groups in total. The van der Waals surface area contributed by atoms with E-state index in [-0.39, 0.29) is 6.10 Å². The highest BCUT2D eigenvalue weighted by Crippen LogP contribution is 2.29. The summed E-state index contributed by atoms with van der Waals surface area (Å²) in [6, 6.07) is 0. The zero-order valence-corrected chi connectivity index (χ0v) is 22.6. The van der Waals surface area contributed by atoms with Crippen molar-refractivity contribution in [3.8, 4) is 0 Å². The molecule has 0 aliphatic heterocycles. The Hall–Kier alpha value is -0.160. The average molecular weight is 459 g/mol. The van der Waals surface area contributed by atoms with Crippen molar-refractivity contribution >= 4 is 0 Å². The van der Waals surface area contributed by atoms with Gasteiger partial charge in [0.15, 0.2) is 0 Å². The van der Waals surface area contributed by atoms with Gasteiger partial charge in [-0.2, -0.15) is 0 Å². The summed E-state index contributed by atoms with van der Waals surface area (Å²) >= 11 is 0. The molecular weight excluding hydrogens is 400 g/mol. The van der Waals surface area contributed by atoms with Crippen LogP contribution in [-0.4, -0.2) is 38.5 Å². The molecule has 32 heavy (non-hydrogen) atoms. The summed E-state index contributed by atoms with van der Waals surface area (Å²) in [7, 11) is 0. The lowest BCUT2D eigenvalue weighted by molar-refractivity contribution is -0.419. The fourth-order valence-electron chi connectivity index (χ4n) is 3.74. The monoisotopic (exact) mass is 458 g/mol. The maximum absolute atomic E-state index is 6.48. The van der Waals surface area contributed by atoms with Crippen LogP contribution in [0.2, 0.25) is 0 Å². The SMILES string of the molecule is CCCCCCCCC(OCCCC)C(OCCCC)(OCCCCC)OCCCCC. The zero-order chi connectivity index (χ0) is 23.8. The molecule has 0 saturated heterocycles. The molecule has 0 bridgehead atoms. The fraction of sp³-hybridized carbons (Fsp3) is 1.00. The van der Waals surface area contributed by atoms with Crippen molar-refractivity contribution in [3.63, 3.8) is 0 Å². The van der Waals surface area contributed by atoms with Crippen LogP contribution >= 0.6 is 0 Å². The number of ether oxygens (including phenoxy) is 4. The van der Waals surface area contributed by atoms with E-state index in [1.54, 1.807) is 0 Å². The molecule has 1 unspecified atom stereocenters. The lowest BCUT2D eigenvalue weighted by Gasteiger charge is -2.39. The van der Waals surface area contributed by atoms with Crippen LogP contribution < -0.4 is 0 Å². The normalized spacial score (nSPS) is 13.0. The lowest BCUT2D eigenvalue weighted by Crippen LogP contribution is -2.52. The molecule has 0 heterocycles. The molecule has 0 aliphatic rings. The molecule has 0 aromatic rings. The second-order valence-corrected chi connectivity index (χ2v) is 9.19. The summed E-state index contributed by atoms with van der Waals surface area (Å²) in [4.78, 5) is 0. The van der Waals surface area contributed by atoms with Crippen molar-refractivity contribution < 1.29 is 18.9 Å². The Kier molecular flexibility index (Phi) is 23.9. The number of hydrogen-bond donors (Lipinski definition) is 0. The van der Waals surface area contributed by atoms with Gasteiger partial charge in [-0.25, -0.2) is 0 Å². The molecule has 4 nitrogen and oxygen atoms in total. The van der Waals surface area contributed by atoms with Gasteiger partial charge in [0.05, 0.1) is 19.8 Å². The maximum Gasteiger partial charge on any atom is 0.310 e. The standard InChI is InChI=1S/C28H58O4/c1-6-11-16-17-18-19-22-27(29-23-14-9-4)28(30-24-15-10-5,31-25-20-12-7-2)32-26-21-13-8-3/h27H,6-26H2,1-5H3. The first-order valence-electron chi connectivity index (χ1n) is 14.2. The number of hydrogen-bond acceptors (Lipinski definition) is 4. The smallest absolute Gasteiger partial charge is 0.310 e. The van der Waals surface area contributed by atoms with E-state index in [9.17, 15) is 0 Å². The van der Waals surface area contributed by atoms with Crippen LogP contribution in [0.3, 0.4) is 0 Å². The predicted molar refractivity (Wildman–Crippen MR) is 137 cm³/mol. The quantitative estimate of drug-likeness (QED) is 0.0958. The Morgan fingerprint density at radius 1 is 0.438 bits per heavy atom. The maximum atomic E-state index is 6.48. The van der Waals surface area contributed by atoms with E-state index in [4.69, 9.17) is 18.9 Å². The molecule has 0 radical (unpaired) electrons. The molecule has 0 rings (SSSR count). The van der Waals surface area contributed by atoms with Crippen molar-refractivity contribution in [2.45, 2.75) is 156 Å². The summed E-state index contributed by atoms with van der Waals surface area (Å²) < 4.78 is 25.9. The van der Waals surface area contributed by atoms with Gasteiger partial charge in [-0.05, 0) is 32.1 Å².